The molecular formula is C20H26N2O4. The molecule has 1 fully saturated rings. The molecule has 2 heterocycles. The van der Waals surface area contributed by atoms with Crippen molar-refractivity contribution in [1.82, 2.24) is 9.80 Å². The Morgan fingerprint density at radius 1 is 1.15 bits per heavy atom. The largest absolute Gasteiger partial charge is 0.478 e. The first kappa shape index (κ1) is 18.4. The van der Waals surface area contributed by atoms with E-state index in [0.29, 0.717) is 32.5 Å². The van der Waals surface area contributed by atoms with Gasteiger partial charge in [-0.05, 0) is 55.4 Å². The second-order valence-corrected chi connectivity index (χ2v) is 7.15. The summed E-state index contributed by atoms with van der Waals surface area (Å²) in [4.78, 5) is 40.3. The van der Waals surface area contributed by atoms with Crippen molar-refractivity contribution in [2.45, 2.75) is 58.0 Å². The van der Waals surface area contributed by atoms with E-state index in [4.69, 9.17) is 0 Å². The van der Waals surface area contributed by atoms with Crippen LogP contribution in [0.4, 0.5) is 0 Å². The van der Waals surface area contributed by atoms with Gasteiger partial charge in [-0.3, -0.25) is 9.59 Å². The van der Waals surface area contributed by atoms with E-state index in [-0.39, 0.29) is 23.4 Å². The van der Waals surface area contributed by atoms with Crippen molar-refractivity contribution in [1.29, 1.82) is 0 Å². The van der Waals surface area contributed by atoms with Gasteiger partial charge in [0.2, 0.25) is 11.8 Å². The maximum Gasteiger partial charge on any atom is 0.335 e. The summed E-state index contributed by atoms with van der Waals surface area (Å²) in [5, 5.41) is 9.19. The molecular weight excluding hydrogens is 332 g/mol. The average molecular weight is 358 g/mol. The lowest BCUT2D eigenvalue weighted by Gasteiger charge is -2.39. The highest BCUT2D eigenvalue weighted by Gasteiger charge is 2.35. The van der Waals surface area contributed by atoms with Crippen LogP contribution in [-0.4, -0.2) is 51.8 Å². The number of aromatic carboxylic acids is 1. The van der Waals surface area contributed by atoms with Crippen LogP contribution in [0.5, 0.6) is 0 Å². The summed E-state index contributed by atoms with van der Waals surface area (Å²) < 4.78 is 0. The molecule has 0 aliphatic carbocycles. The molecule has 1 unspecified atom stereocenters. The van der Waals surface area contributed by atoms with Gasteiger partial charge in [0.15, 0.2) is 0 Å². The number of amides is 2. The van der Waals surface area contributed by atoms with Crippen molar-refractivity contribution >= 4 is 17.8 Å². The Morgan fingerprint density at radius 3 is 2.69 bits per heavy atom. The van der Waals surface area contributed by atoms with Crippen LogP contribution >= 0.6 is 0 Å². The minimum absolute atomic E-state index is 0.000492. The van der Waals surface area contributed by atoms with Gasteiger partial charge in [-0.2, -0.15) is 0 Å². The summed E-state index contributed by atoms with van der Waals surface area (Å²) >= 11 is 0. The number of rotatable bonds is 4. The van der Waals surface area contributed by atoms with Gasteiger partial charge in [0, 0.05) is 26.1 Å². The highest BCUT2D eigenvalue weighted by Crippen LogP contribution is 2.25. The van der Waals surface area contributed by atoms with E-state index in [9.17, 15) is 19.5 Å². The van der Waals surface area contributed by atoms with Gasteiger partial charge in [-0.1, -0.05) is 13.0 Å². The van der Waals surface area contributed by atoms with Crippen LogP contribution in [0.2, 0.25) is 0 Å². The molecule has 0 aromatic heterocycles. The van der Waals surface area contributed by atoms with Gasteiger partial charge < -0.3 is 14.9 Å². The lowest BCUT2D eigenvalue weighted by Crippen LogP contribution is -2.53. The number of carboxylic acids is 1. The average Bonchev–Trinajstić information content (AvgIpc) is 2.66. The predicted molar refractivity (Wildman–Crippen MR) is 96.8 cm³/mol. The Balaban J connectivity index is 1.76. The molecule has 1 saturated heterocycles. The van der Waals surface area contributed by atoms with Crippen LogP contribution in [0, 0.1) is 0 Å². The third-order valence-corrected chi connectivity index (χ3v) is 5.35. The third kappa shape index (κ3) is 3.74. The van der Waals surface area contributed by atoms with E-state index < -0.39 is 5.97 Å². The summed E-state index contributed by atoms with van der Waals surface area (Å²) in [5.41, 5.74) is 2.24. The van der Waals surface area contributed by atoms with E-state index in [0.717, 1.165) is 36.8 Å². The number of benzene rings is 1. The standard InChI is InChI=1S/C20H26N2O4/c1-2-5-18(23)22-10-4-3-6-17(22)19(24)21-11-9-14-7-8-15(20(25)26)12-16(14)13-21/h7-8,12,17H,2-6,9-11,13H2,1H3,(H,25,26). The number of carboxylic acid groups (broad SMARTS) is 1. The molecule has 3 rings (SSSR count). The number of carbonyl (C=O) groups excluding carboxylic acids is 2. The van der Waals surface area contributed by atoms with E-state index >= 15 is 0 Å². The molecule has 0 radical (unpaired) electrons. The smallest absolute Gasteiger partial charge is 0.335 e. The second-order valence-electron chi connectivity index (χ2n) is 7.15. The number of piperidine rings is 1. The van der Waals surface area contributed by atoms with Gasteiger partial charge in [0.25, 0.3) is 0 Å². The topological polar surface area (TPSA) is 77.9 Å². The number of likely N-dealkylation sites (tertiary alicyclic amines) is 1. The van der Waals surface area contributed by atoms with Crippen molar-refractivity contribution in [2.24, 2.45) is 0 Å². The molecule has 0 bridgehead atoms. The molecule has 0 saturated carbocycles. The van der Waals surface area contributed by atoms with E-state index in [2.05, 4.69) is 0 Å². The number of fused-ring (bicyclic) bond motifs is 1. The van der Waals surface area contributed by atoms with Gasteiger partial charge in [0.1, 0.15) is 6.04 Å². The molecule has 0 spiro atoms. The summed E-state index contributed by atoms with van der Waals surface area (Å²) in [6, 6.07) is 4.76. The fraction of sp³-hybridized carbons (Fsp3) is 0.550. The molecule has 2 aliphatic rings. The highest BCUT2D eigenvalue weighted by atomic mass is 16.4. The maximum absolute atomic E-state index is 13.1. The minimum Gasteiger partial charge on any atom is -0.478 e. The predicted octanol–water partition coefficient (Wildman–Crippen LogP) is 2.45. The van der Waals surface area contributed by atoms with Gasteiger partial charge in [-0.15, -0.1) is 0 Å². The van der Waals surface area contributed by atoms with E-state index in [1.807, 2.05) is 13.0 Å². The fourth-order valence-electron chi connectivity index (χ4n) is 3.93. The molecule has 26 heavy (non-hydrogen) atoms. The Kier molecular flexibility index (Phi) is 5.59. The number of hydrogen-bond acceptors (Lipinski definition) is 3. The van der Waals surface area contributed by atoms with Gasteiger partial charge >= 0.3 is 5.97 Å². The molecule has 1 atom stereocenters. The number of nitrogens with zero attached hydrogens (tertiary/aromatic N) is 2. The zero-order chi connectivity index (χ0) is 18.7. The molecule has 6 nitrogen and oxygen atoms in total. The molecule has 1 aromatic carbocycles. The van der Waals surface area contributed by atoms with Crippen LogP contribution in [0.1, 0.15) is 60.5 Å². The highest BCUT2D eigenvalue weighted by molar-refractivity contribution is 5.89. The SMILES string of the molecule is CCCC(=O)N1CCCCC1C(=O)N1CCc2ccc(C(=O)O)cc2C1. The molecule has 140 valence electrons. The van der Waals surface area contributed by atoms with E-state index in [1.165, 1.54) is 0 Å². The Hall–Kier alpha value is -2.37. The molecule has 6 heteroatoms. The zero-order valence-electron chi connectivity index (χ0n) is 15.2. The molecule has 1 N–H and O–H groups in total. The monoisotopic (exact) mass is 358 g/mol. The normalized spacial score (nSPS) is 19.8. The minimum atomic E-state index is -0.958. The Labute approximate surface area is 153 Å². The fourth-order valence-corrected chi connectivity index (χ4v) is 3.93. The first-order chi connectivity index (χ1) is 12.5. The molecule has 2 aliphatic heterocycles. The molecule has 1 aromatic rings. The van der Waals surface area contributed by atoms with Crippen LogP contribution in [0.25, 0.3) is 0 Å². The lowest BCUT2D eigenvalue weighted by atomic mass is 9.95. The first-order valence-corrected chi connectivity index (χ1v) is 9.44. The quantitative estimate of drug-likeness (QED) is 0.897. The second kappa shape index (κ2) is 7.89. The van der Waals surface area contributed by atoms with Gasteiger partial charge in [-0.25, -0.2) is 4.79 Å². The van der Waals surface area contributed by atoms with Crippen LogP contribution in [0.15, 0.2) is 18.2 Å². The summed E-state index contributed by atoms with van der Waals surface area (Å²) in [7, 11) is 0. The van der Waals surface area contributed by atoms with Crippen molar-refractivity contribution in [3.05, 3.63) is 34.9 Å². The van der Waals surface area contributed by atoms with Crippen LogP contribution in [-0.2, 0) is 22.6 Å². The van der Waals surface area contributed by atoms with Crippen LogP contribution < -0.4 is 0 Å². The Bertz CT molecular complexity index is 716. The summed E-state index contributed by atoms with van der Waals surface area (Å²) in [6.07, 6.45) is 4.60. The summed E-state index contributed by atoms with van der Waals surface area (Å²) in [6.45, 7) is 3.66. The van der Waals surface area contributed by atoms with Crippen molar-refractivity contribution in [2.75, 3.05) is 13.1 Å². The zero-order valence-corrected chi connectivity index (χ0v) is 15.2. The number of hydrogen-bond donors (Lipinski definition) is 1. The number of carbonyl (C=O) groups is 3. The third-order valence-electron chi connectivity index (χ3n) is 5.35. The summed E-state index contributed by atoms with van der Waals surface area (Å²) in [5.74, 6) is -0.892. The van der Waals surface area contributed by atoms with Gasteiger partial charge in [0.05, 0.1) is 5.56 Å². The van der Waals surface area contributed by atoms with Crippen molar-refractivity contribution in [3.8, 4) is 0 Å². The first-order valence-electron chi connectivity index (χ1n) is 9.44. The lowest BCUT2D eigenvalue weighted by molar-refractivity contribution is -0.148. The molecule has 2 amide bonds. The maximum atomic E-state index is 13.1. The van der Waals surface area contributed by atoms with Crippen LogP contribution in [0.3, 0.4) is 0 Å². The van der Waals surface area contributed by atoms with Crippen molar-refractivity contribution in [3.63, 3.8) is 0 Å². The van der Waals surface area contributed by atoms with Crippen molar-refractivity contribution < 1.29 is 19.5 Å². The van der Waals surface area contributed by atoms with E-state index in [1.54, 1.807) is 21.9 Å². The Morgan fingerprint density at radius 2 is 1.96 bits per heavy atom.